The van der Waals surface area contributed by atoms with E-state index in [0.717, 1.165) is 29.7 Å². The number of carbonyl (C=O) groups excluding carboxylic acids is 1. The Morgan fingerprint density at radius 1 is 0.958 bits per heavy atom. The molecule has 1 N–H and O–H groups in total. The van der Waals surface area contributed by atoms with Crippen LogP contribution in [0.5, 0.6) is 0 Å². The third kappa shape index (κ3) is 2.55. The van der Waals surface area contributed by atoms with E-state index in [1.165, 1.54) is 28.2 Å². The molecular formula is C20H18O2S2. The van der Waals surface area contributed by atoms with Gasteiger partial charge < -0.3 is 5.11 Å². The van der Waals surface area contributed by atoms with E-state index in [2.05, 4.69) is 24.3 Å². The van der Waals surface area contributed by atoms with Crippen LogP contribution in [0, 0.1) is 0 Å². The molecule has 4 rings (SSSR count). The lowest BCUT2D eigenvalue weighted by Gasteiger charge is -2.32. The van der Waals surface area contributed by atoms with Crippen LogP contribution in [0.1, 0.15) is 50.5 Å². The standard InChI is InChI=1S/C20H18O2S2/c21-17-15-9-12-24-19(15)20(22,16-10-13-23-18(16)17)11-5-4-8-14-6-2-1-3-7-14/h1-3,6-7,9-10,12-13,22H,4-5,8,11H2. The van der Waals surface area contributed by atoms with E-state index >= 15 is 0 Å². The molecule has 0 bridgehead atoms. The zero-order valence-electron chi connectivity index (χ0n) is 13.2. The predicted molar refractivity (Wildman–Crippen MR) is 99.1 cm³/mol. The number of rotatable bonds is 5. The Hall–Kier alpha value is -1.75. The van der Waals surface area contributed by atoms with Gasteiger partial charge in [-0.15, -0.1) is 22.7 Å². The number of ketones is 1. The number of hydrogen-bond acceptors (Lipinski definition) is 4. The fourth-order valence-corrected chi connectivity index (χ4v) is 5.42. The molecule has 2 aromatic heterocycles. The zero-order valence-corrected chi connectivity index (χ0v) is 14.8. The molecule has 0 fully saturated rings. The maximum atomic E-state index is 12.5. The Labute approximate surface area is 149 Å². The van der Waals surface area contributed by atoms with Gasteiger partial charge in [0, 0.05) is 11.1 Å². The molecule has 24 heavy (non-hydrogen) atoms. The molecule has 3 aromatic rings. The number of benzene rings is 1. The SMILES string of the molecule is O=C1c2ccsc2C(O)(CCCCc2ccccc2)c2ccsc21. The number of aliphatic hydroxyl groups is 1. The number of carbonyl (C=O) groups is 1. The summed E-state index contributed by atoms with van der Waals surface area (Å²) < 4.78 is 0. The van der Waals surface area contributed by atoms with Gasteiger partial charge in [-0.2, -0.15) is 0 Å². The van der Waals surface area contributed by atoms with Gasteiger partial charge in [-0.3, -0.25) is 4.79 Å². The molecule has 1 aliphatic rings. The highest BCUT2D eigenvalue weighted by atomic mass is 32.1. The van der Waals surface area contributed by atoms with E-state index in [1.807, 2.05) is 29.0 Å². The lowest BCUT2D eigenvalue weighted by molar-refractivity contribution is 0.0656. The van der Waals surface area contributed by atoms with Crippen molar-refractivity contribution < 1.29 is 9.90 Å². The molecule has 0 saturated carbocycles. The molecule has 122 valence electrons. The summed E-state index contributed by atoms with van der Waals surface area (Å²) in [5, 5.41) is 15.3. The summed E-state index contributed by atoms with van der Waals surface area (Å²) in [5.74, 6) is 0.0604. The number of hydrogen-bond donors (Lipinski definition) is 1. The molecule has 2 nitrogen and oxygen atoms in total. The first kappa shape index (κ1) is 15.8. The van der Waals surface area contributed by atoms with Gasteiger partial charge in [-0.1, -0.05) is 30.3 Å². The maximum Gasteiger partial charge on any atom is 0.204 e. The Balaban J connectivity index is 1.53. The lowest BCUT2D eigenvalue weighted by Crippen LogP contribution is -2.33. The average molecular weight is 354 g/mol. The normalized spacial score (nSPS) is 19.1. The molecule has 1 atom stereocenters. The van der Waals surface area contributed by atoms with Gasteiger partial charge in [0.15, 0.2) is 0 Å². The molecule has 0 saturated heterocycles. The molecule has 0 spiro atoms. The second-order valence-corrected chi connectivity index (χ2v) is 8.04. The Morgan fingerprint density at radius 3 is 2.58 bits per heavy atom. The fraction of sp³-hybridized carbons (Fsp3) is 0.250. The van der Waals surface area contributed by atoms with E-state index in [9.17, 15) is 9.90 Å². The highest BCUT2D eigenvalue weighted by Gasteiger charge is 2.43. The van der Waals surface area contributed by atoms with E-state index in [4.69, 9.17) is 0 Å². The highest BCUT2D eigenvalue weighted by Crippen LogP contribution is 2.47. The third-order valence-corrected chi connectivity index (χ3v) is 6.68. The average Bonchev–Trinajstić information content (AvgIpc) is 3.28. The lowest BCUT2D eigenvalue weighted by atomic mass is 9.80. The summed E-state index contributed by atoms with van der Waals surface area (Å²) in [6, 6.07) is 14.2. The second-order valence-electron chi connectivity index (χ2n) is 6.21. The van der Waals surface area contributed by atoms with E-state index in [-0.39, 0.29) is 5.78 Å². The van der Waals surface area contributed by atoms with Gasteiger partial charge in [-0.05, 0) is 54.1 Å². The maximum absolute atomic E-state index is 12.5. The second kappa shape index (κ2) is 6.28. The Kier molecular flexibility index (Phi) is 4.12. The van der Waals surface area contributed by atoms with Gasteiger partial charge in [-0.25, -0.2) is 0 Å². The van der Waals surface area contributed by atoms with Gasteiger partial charge in [0.2, 0.25) is 5.78 Å². The van der Waals surface area contributed by atoms with Gasteiger partial charge in [0.1, 0.15) is 5.60 Å². The number of aryl methyl sites for hydroxylation is 1. The van der Waals surface area contributed by atoms with Gasteiger partial charge in [0.25, 0.3) is 0 Å². The summed E-state index contributed by atoms with van der Waals surface area (Å²) in [5.41, 5.74) is 1.80. The first-order valence-corrected chi connectivity index (χ1v) is 9.93. The van der Waals surface area contributed by atoms with Crippen molar-refractivity contribution in [2.24, 2.45) is 0 Å². The van der Waals surface area contributed by atoms with Crippen molar-refractivity contribution in [3.63, 3.8) is 0 Å². The van der Waals surface area contributed by atoms with Crippen LogP contribution in [0.3, 0.4) is 0 Å². The Morgan fingerprint density at radius 2 is 1.75 bits per heavy atom. The minimum Gasteiger partial charge on any atom is -0.379 e. The third-order valence-electron chi connectivity index (χ3n) is 4.70. The summed E-state index contributed by atoms with van der Waals surface area (Å²) in [6.45, 7) is 0. The predicted octanol–water partition coefficient (Wildman–Crippen LogP) is 5.00. The molecule has 4 heteroatoms. The molecule has 0 amide bonds. The van der Waals surface area contributed by atoms with Crippen molar-refractivity contribution >= 4 is 28.5 Å². The minimum atomic E-state index is -1.01. The van der Waals surface area contributed by atoms with Crippen LogP contribution in [0.25, 0.3) is 0 Å². The Bertz CT molecular complexity index is 816. The van der Waals surface area contributed by atoms with Crippen molar-refractivity contribution in [1.82, 2.24) is 0 Å². The van der Waals surface area contributed by atoms with Crippen molar-refractivity contribution in [3.05, 3.63) is 79.7 Å². The van der Waals surface area contributed by atoms with E-state index < -0.39 is 5.60 Å². The van der Waals surface area contributed by atoms with Crippen LogP contribution in [0.15, 0.2) is 53.2 Å². The first-order valence-electron chi connectivity index (χ1n) is 8.17. The molecule has 0 aliphatic heterocycles. The molecular weight excluding hydrogens is 336 g/mol. The highest BCUT2D eigenvalue weighted by molar-refractivity contribution is 7.13. The van der Waals surface area contributed by atoms with E-state index in [0.29, 0.717) is 16.9 Å². The fourth-order valence-electron chi connectivity index (χ4n) is 3.47. The van der Waals surface area contributed by atoms with Crippen molar-refractivity contribution in [2.45, 2.75) is 31.3 Å². The topological polar surface area (TPSA) is 37.3 Å². The number of fused-ring (bicyclic) bond motifs is 2. The van der Waals surface area contributed by atoms with Crippen LogP contribution in [0.2, 0.25) is 0 Å². The van der Waals surface area contributed by atoms with Crippen LogP contribution < -0.4 is 0 Å². The summed E-state index contributed by atoms with van der Waals surface area (Å²) in [4.78, 5) is 14.1. The molecule has 0 radical (unpaired) electrons. The quantitative estimate of drug-likeness (QED) is 0.655. The summed E-state index contributed by atoms with van der Waals surface area (Å²) in [7, 11) is 0. The summed E-state index contributed by atoms with van der Waals surface area (Å²) in [6.07, 6.45) is 3.63. The minimum absolute atomic E-state index is 0.0604. The monoisotopic (exact) mass is 354 g/mol. The van der Waals surface area contributed by atoms with Crippen LogP contribution in [-0.4, -0.2) is 10.9 Å². The first-order chi connectivity index (χ1) is 11.7. The number of unbranched alkanes of at least 4 members (excludes halogenated alkanes) is 1. The molecule has 1 unspecified atom stereocenters. The summed E-state index contributed by atoms with van der Waals surface area (Å²) >= 11 is 2.93. The smallest absolute Gasteiger partial charge is 0.204 e. The zero-order chi connectivity index (χ0) is 16.6. The number of thiophene rings is 2. The van der Waals surface area contributed by atoms with Crippen molar-refractivity contribution in [3.8, 4) is 0 Å². The van der Waals surface area contributed by atoms with Gasteiger partial charge >= 0.3 is 0 Å². The van der Waals surface area contributed by atoms with Crippen LogP contribution >= 0.6 is 22.7 Å². The largest absolute Gasteiger partial charge is 0.379 e. The van der Waals surface area contributed by atoms with Crippen molar-refractivity contribution in [1.29, 1.82) is 0 Å². The molecule has 2 heterocycles. The van der Waals surface area contributed by atoms with E-state index in [1.54, 1.807) is 0 Å². The van der Waals surface area contributed by atoms with Crippen LogP contribution in [0.4, 0.5) is 0 Å². The molecule has 1 aromatic carbocycles. The van der Waals surface area contributed by atoms with Crippen molar-refractivity contribution in [2.75, 3.05) is 0 Å². The van der Waals surface area contributed by atoms with Gasteiger partial charge in [0.05, 0.1) is 9.75 Å². The molecule has 1 aliphatic carbocycles. The van der Waals surface area contributed by atoms with Crippen LogP contribution in [-0.2, 0) is 12.0 Å².